The van der Waals surface area contributed by atoms with Crippen molar-refractivity contribution in [2.24, 2.45) is 0 Å². The minimum atomic E-state index is -0.801. The molecule has 2 rings (SSSR count). The monoisotopic (exact) mass is 305 g/mol. The van der Waals surface area contributed by atoms with Crippen LogP contribution in [0.2, 0.25) is 0 Å². The van der Waals surface area contributed by atoms with Crippen LogP contribution in [0.1, 0.15) is 18.9 Å². The molecule has 0 aromatic heterocycles. The van der Waals surface area contributed by atoms with Gasteiger partial charge in [-0.3, -0.25) is 4.79 Å². The molecule has 1 N–H and O–H groups in total. The zero-order valence-corrected chi connectivity index (χ0v) is 12.2. The lowest BCUT2D eigenvalue weighted by molar-refractivity contribution is -0.116. The molecular weight excluding hydrogens is 288 g/mol. The Kier molecular flexibility index (Phi) is 5.47. The summed E-state index contributed by atoms with van der Waals surface area (Å²) in [7, 11) is 0. The Morgan fingerprint density at radius 1 is 1.14 bits per heavy atom. The minimum absolute atomic E-state index is 0.0429. The van der Waals surface area contributed by atoms with Crippen LogP contribution in [0.5, 0.6) is 5.75 Å². The molecule has 0 saturated carbocycles. The Bertz CT molecular complexity index is 642. The van der Waals surface area contributed by atoms with Gasteiger partial charge in [-0.15, -0.1) is 0 Å². The first kappa shape index (κ1) is 15.9. The van der Waals surface area contributed by atoms with Crippen molar-refractivity contribution in [2.45, 2.75) is 19.8 Å². The van der Waals surface area contributed by atoms with Crippen LogP contribution in [0.25, 0.3) is 0 Å². The van der Waals surface area contributed by atoms with E-state index in [0.29, 0.717) is 5.75 Å². The molecule has 0 aliphatic heterocycles. The Labute approximate surface area is 127 Å². The number of benzene rings is 2. The lowest BCUT2D eigenvalue weighted by Crippen LogP contribution is -2.16. The van der Waals surface area contributed by atoms with E-state index < -0.39 is 17.5 Å². The molecule has 0 unspecified atom stereocenters. The fourth-order valence-corrected chi connectivity index (χ4v) is 1.89. The summed E-state index contributed by atoms with van der Waals surface area (Å²) >= 11 is 0. The second-order valence-corrected chi connectivity index (χ2v) is 4.77. The number of hydrogen-bond donors (Lipinski definition) is 1. The van der Waals surface area contributed by atoms with Gasteiger partial charge in [0.1, 0.15) is 17.4 Å². The van der Waals surface area contributed by atoms with Crippen LogP contribution in [-0.4, -0.2) is 12.5 Å². The molecule has 116 valence electrons. The predicted octanol–water partition coefficient (Wildman–Crippen LogP) is 3.93. The number of anilines is 1. The Hall–Kier alpha value is -2.43. The minimum Gasteiger partial charge on any atom is -0.493 e. The lowest BCUT2D eigenvalue weighted by Gasteiger charge is -2.08. The highest BCUT2D eigenvalue weighted by molar-refractivity contribution is 5.90. The Morgan fingerprint density at radius 2 is 1.86 bits per heavy atom. The molecule has 22 heavy (non-hydrogen) atoms. The molecule has 2 aromatic carbocycles. The summed E-state index contributed by atoms with van der Waals surface area (Å²) in [5.74, 6) is -1.20. The van der Waals surface area contributed by atoms with Gasteiger partial charge in [-0.2, -0.15) is 0 Å². The van der Waals surface area contributed by atoms with Crippen LogP contribution in [-0.2, 0) is 11.2 Å². The van der Waals surface area contributed by atoms with Gasteiger partial charge in [-0.05, 0) is 36.2 Å². The molecule has 0 radical (unpaired) electrons. The van der Waals surface area contributed by atoms with Gasteiger partial charge in [0.05, 0.1) is 18.7 Å². The zero-order chi connectivity index (χ0) is 15.9. The fraction of sp³-hybridized carbons (Fsp3) is 0.235. The maximum atomic E-state index is 13.4. The number of rotatable bonds is 6. The molecule has 0 saturated heterocycles. The van der Waals surface area contributed by atoms with Gasteiger partial charge in [0, 0.05) is 6.07 Å². The zero-order valence-electron chi connectivity index (χ0n) is 12.2. The standard InChI is InChI=1S/C17H17F2NO2/c1-2-12-3-6-14(7-4-12)22-10-9-17(21)20-16-8-5-13(18)11-15(16)19/h3-8,11H,2,9-10H2,1H3,(H,20,21). The van der Waals surface area contributed by atoms with Gasteiger partial charge in [0.25, 0.3) is 0 Å². The van der Waals surface area contributed by atoms with Crippen molar-refractivity contribution in [3.63, 3.8) is 0 Å². The van der Waals surface area contributed by atoms with Crippen molar-refractivity contribution in [3.05, 3.63) is 59.7 Å². The number of nitrogens with one attached hydrogen (secondary N) is 1. The summed E-state index contributed by atoms with van der Waals surface area (Å²) in [5, 5.41) is 2.38. The summed E-state index contributed by atoms with van der Waals surface area (Å²) in [5.41, 5.74) is 1.16. The van der Waals surface area contributed by atoms with Gasteiger partial charge in [-0.25, -0.2) is 8.78 Å². The number of halogens is 2. The second-order valence-electron chi connectivity index (χ2n) is 4.77. The first-order chi connectivity index (χ1) is 10.6. The van der Waals surface area contributed by atoms with Crippen LogP contribution in [0.4, 0.5) is 14.5 Å². The maximum Gasteiger partial charge on any atom is 0.227 e. The SMILES string of the molecule is CCc1ccc(OCCC(=O)Nc2ccc(F)cc2F)cc1. The van der Waals surface area contributed by atoms with Crippen LogP contribution in [0, 0.1) is 11.6 Å². The first-order valence-electron chi connectivity index (χ1n) is 7.05. The van der Waals surface area contributed by atoms with Gasteiger partial charge in [0.2, 0.25) is 5.91 Å². The molecule has 0 bridgehead atoms. The highest BCUT2D eigenvalue weighted by Gasteiger charge is 2.08. The second kappa shape index (κ2) is 7.54. The first-order valence-corrected chi connectivity index (χ1v) is 7.05. The van der Waals surface area contributed by atoms with E-state index in [1.807, 2.05) is 24.3 Å². The predicted molar refractivity (Wildman–Crippen MR) is 80.9 cm³/mol. The average Bonchev–Trinajstić information content (AvgIpc) is 2.51. The summed E-state index contributed by atoms with van der Waals surface area (Å²) in [4.78, 5) is 11.7. The van der Waals surface area contributed by atoms with Crippen LogP contribution < -0.4 is 10.1 Å². The summed E-state index contributed by atoms with van der Waals surface area (Å²) < 4.78 is 31.6. The van der Waals surface area contributed by atoms with Gasteiger partial charge >= 0.3 is 0 Å². The van der Waals surface area contributed by atoms with Crippen LogP contribution >= 0.6 is 0 Å². The van der Waals surface area contributed by atoms with Gasteiger partial charge in [0.15, 0.2) is 0 Å². The number of aryl methyl sites for hydroxylation is 1. The molecule has 0 fully saturated rings. The number of amides is 1. The molecule has 2 aromatic rings. The normalized spacial score (nSPS) is 10.3. The lowest BCUT2D eigenvalue weighted by atomic mass is 10.2. The highest BCUT2D eigenvalue weighted by atomic mass is 19.1. The number of hydrogen-bond acceptors (Lipinski definition) is 2. The average molecular weight is 305 g/mol. The van der Waals surface area contributed by atoms with Crippen molar-refractivity contribution in [1.29, 1.82) is 0 Å². The van der Waals surface area contributed by atoms with Crippen molar-refractivity contribution in [3.8, 4) is 5.75 Å². The number of ether oxygens (including phenoxy) is 1. The van der Waals surface area contributed by atoms with E-state index in [1.165, 1.54) is 11.6 Å². The van der Waals surface area contributed by atoms with Gasteiger partial charge < -0.3 is 10.1 Å². The van der Waals surface area contributed by atoms with E-state index in [0.717, 1.165) is 18.6 Å². The van der Waals surface area contributed by atoms with Crippen LogP contribution in [0.15, 0.2) is 42.5 Å². The van der Waals surface area contributed by atoms with Crippen molar-refractivity contribution >= 4 is 11.6 Å². The molecule has 0 heterocycles. The molecular formula is C17H17F2NO2. The van der Waals surface area contributed by atoms with Crippen LogP contribution in [0.3, 0.4) is 0 Å². The third-order valence-electron chi connectivity index (χ3n) is 3.13. The van der Waals surface area contributed by atoms with E-state index in [2.05, 4.69) is 12.2 Å². The Morgan fingerprint density at radius 3 is 2.50 bits per heavy atom. The molecule has 3 nitrogen and oxygen atoms in total. The summed E-state index contributed by atoms with van der Waals surface area (Å²) in [6.07, 6.45) is 1.03. The highest BCUT2D eigenvalue weighted by Crippen LogP contribution is 2.16. The van der Waals surface area contributed by atoms with E-state index in [9.17, 15) is 13.6 Å². The third-order valence-corrected chi connectivity index (χ3v) is 3.13. The number of carbonyl (C=O) groups is 1. The van der Waals surface area contributed by atoms with E-state index in [1.54, 1.807) is 0 Å². The molecule has 0 spiro atoms. The fourth-order valence-electron chi connectivity index (χ4n) is 1.89. The molecule has 5 heteroatoms. The third kappa shape index (κ3) is 4.55. The van der Waals surface area contributed by atoms with Crippen molar-refractivity contribution in [1.82, 2.24) is 0 Å². The smallest absolute Gasteiger partial charge is 0.227 e. The largest absolute Gasteiger partial charge is 0.493 e. The molecule has 0 atom stereocenters. The van der Waals surface area contributed by atoms with E-state index in [4.69, 9.17) is 4.74 Å². The van der Waals surface area contributed by atoms with E-state index >= 15 is 0 Å². The Balaban J connectivity index is 1.79. The van der Waals surface area contributed by atoms with Crippen molar-refractivity contribution in [2.75, 3.05) is 11.9 Å². The topological polar surface area (TPSA) is 38.3 Å². The molecule has 0 aliphatic carbocycles. The summed E-state index contributed by atoms with van der Waals surface area (Å²) in [6.45, 7) is 2.24. The maximum absolute atomic E-state index is 13.4. The quantitative estimate of drug-likeness (QED) is 0.878. The molecule has 0 aliphatic rings. The number of carbonyl (C=O) groups excluding carboxylic acids is 1. The summed E-state index contributed by atoms with van der Waals surface area (Å²) in [6, 6.07) is 10.6. The molecule has 1 amide bonds. The van der Waals surface area contributed by atoms with Crippen molar-refractivity contribution < 1.29 is 18.3 Å². The van der Waals surface area contributed by atoms with E-state index in [-0.39, 0.29) is 18.7 Å². The van der Waals surface area contributed by atoms with Gasteiger partial charge in [-0.1, -0.05) is 19.1 Å².